The Morgan fingerprint density at radius 2 is 0.786 bits per heavy atom. The molecule has 56 heavy (non-hydrogen) atoms. The second-order valence-electron chi connectivity index (χ2n) is 14.2. The molecule has 0 unspecified atom stereocenters. The second kappa shape index (κ2) is 13.3. The average molecular weight is 734 g/mol. The summed E-state index contributed by atoms with van der Waals surface area (Å²) in [5, 5.41) is 7.48. The molecule has 0 amide bonds. The summed E-state index contributed by atoms with van der Waals surface area (Å²) in [6.07, 6.45) is 0. The van der Waals surface area contributed by atoms with Crippen molar-refractivity contribution < 1.29 is 0 Å². The Morgan fingerprint density at radius 3 is 1.39 bits per heavy atom. The summed E-state index contributed by atoms with van der Waals surface area (Å²) in [5.74, 6) is 0. The zero-order valence-electron chi connectivity index (χ0n) is 30.5. The predicted molar refractivity (Wildman–Crippen MR) is 241 cm³/mol. The van der Waals surface area contributed by atoms with Crippen molar-refractivity contribution in [2.45, 2.75) is 0 Å². The van der Waals surface area contributed by atoms with Crippen molar-refractivity contribution in [3.05, 3.63) is 212 Å². The molecule has 0 saturated carbocycles. The molecule has 0 aliphatic carbocycles. The number of hydrogen-bond acceptors (Lipinski definition) is 3. The highest BCUT2D eigenvalue weighted by Crippen LogP contribution is 2.45. The van der Waals surface area contributed by atoms with Gasteiger partial charge in [-0.15, -0.1) is 11.3 Å². The molecule has 0 atom stereocenters. The van der Waals surface area contributed by atoms with Crippen LogP contribution >= 0.6 is 11.3 Å². The molecule has 0 saturated heterocycles. The fourth-order valence-corrected chi connectivity index (χ4v) is 9.57. The lowest BCUT2D eigenvalue weighted by atomic mass is 10.1. The van der Waals surface area contributed by atoms with Crippen LogP contribution in [0.3, 0.4) is 0 Å². The van der Waals surface area contributed by atoms with Crippen LogP contribution in [-0.4, -0.2) is 4.57 Å². The third-order valence-electron chi connectivity index (χ3n) is 10.9. The Kier molecular flexibility index (Phi) is 7.68. The van der Waals surface area contributed by atoms with Crippen LogP contribution in [0.15, 0.2) is 212 Å². The van der Waals surface area contributed by atoms with E-state index in [9.17, 15) is 0 Å². The molecule has 0 bridgehead atoms. The van der Waals surface area contributed by atoms with Gasteiger partial charge in [-0.05, 0) is 96.4 Å². The highest BCUT2D eigenvalue weighted by atomic mass is 32.1. The summed E-state index contributed by atoms with van der Waals surface area (Å²) in [5.41, 5.74) is 10.3. The van der Waals surface area contributed by atoms with Crippen molar-refractivity contribution in [3.8, 4) is 5.69 Å². The lowest BCUT2D eigenvalue weighted by molar-refractivity contribution is 1.19. The van der Waals surface area contributed by atoms with Gasteiger partial charge in [-0.25, -0.2) is 0 Å². The Hall–Kier alpha value is -7.14. The normalized spacial score (nSPS) is 11.6. The van der Waals surface area contributed by atoms with Crippen LogP contribution in [0.5, 0.6) is 0 Å². The third-order valence-corrected chi connectivity index (χ3v) is 12.0. The van der Waals surface area contributed by atoms with E-state index in [-0.39, 0.29) is 0 Å². The van der Waals surface area contributed by atoms with Gasteiger partial charge in [0.15, 0.2) is 0 Å². The van der Waals surface area contributed by atoms with Gasteiger partial charge in [0.2, 0.25) is 0 Å². The number of para-hydroxylation sites is 4. The monoisotopic (exact) mass is 733 g/mol. The van der Waals surface area contributed by atoms with Crippen LogP contribution in [-0.2, 0) is 0 Å². The van der Waals surface area contributed by atoms with Gasteiger partial charge in [-0.1, -0.05) is 121 Å². The number of aromatic nitrogens is 1. The molecule has 0 fully saturated rings. The fraction of sp³-hybridized carbons (Fsp3) is 0. The van der Waals surface area contributed by atoms with Crippen LogP contribution < -0.4 is 9.80 Å². The summed E-state index contributed by atoms with van der Waals surface area (Å²) in [4.78, 5) is 4.69. The number of anilines is 6. The molecule has 0 aliphatic heterocycles. The molecule has 2 heterocycles. The van der Waals surface area contributed by atoms with Gasteiger partial charge in [0.1, 0.15) is 0 Å². The Morgan fingerprint density at radius 1 is 0.304 bits per heavy atom. The van der Waals surface area contributed by atoms with E-state index in [0.717, 1.165) is 34.1 Å². The smallest absolute Gasteiger partial charge is 0.0562 e. The molecule has 9 aromatic carbocycles. The third kappa shape index (κ3) is 5.34. The summed E-state index contributed by atoms with van der Waals surface area (Å²) in [7, 11) is 0. The fourth-order valence-electron chi connectivity index (χ4n) is 8.41. The minimum atomic E-state index is 1.11. The van der Waals surface area contributed by atoms with Gasteiger partial charge in [0.25, 0.3) is 0 Å². The number of rotatable bonds is 7. The van der Waals surface area contributed by atoms with Crippen LogP contribution in [0, 0.1) is 0 Å². The lowest BCUT2D eigenvalue weighted by Gasteiger charge is -2.25. The molecule has 3 nitrogen and oxygen atoms in total. The van der Waals surface area contributed by atoms with Crippen LogP contribution in [0.2, 0.25) is 0 Å². The van der Waals surface area contributed by atoms with E-state index in [4.69, 9.17) is 0 Å². The number of thiophene rings is 1. The van der Waals surface area contributed by atoms with Crippen molar-refractivity contribution in [1.29, 1.82) is 0 Å². The molecule has 0 aliphatic rings. The first kappa shape index (κ1) is 32.3. The zero-order chi connectivity index (χ0) is 37.0. The minimum Gasteiger partial charge on any atom is -0.310 e. The molecule has 0 radical (unpaired) electrons. The van der Waals surface area contributed by atoms with Crippen molar-refractivity contribution >= 4 is 98.2 Å². The van der Waals surface area contributed by atoms with E-state index in [1.807, 2.05) is 11.3 Å². The molecule has 11 rings (SSSR count). The van der Waals surface area contributed by atoms with E-state index in [0.29, 0.717) is 0 Å². The maximum atomic E-state index is 2.49. The largest absolute Gasteiger partial charge is 0.310 e. The average Bonchev–Trinajstić information content (AvgIpc) is 3.78. The van der Waals surface area contributed by atoms with E-state index >= 15 is 0 Å². The van der Waals surface area contributed by atoms with E-state index < -0.39 is 0 Å². The van der Waals surface area contributed by atoms with E-state index in [1.165, 1.54) is 58.4 Å². The maximum absolute atomic E-state index is 2.49. The van der Waals surface area contributed by atoms with Crippen LogP contribution in [0.4, 0.5) is 34.1 Å². The number of nitrogens with zero attached hydrogens (tertiary/aromatic N) is 3. The zero-order valence-corrected chi connectivity index (χ0v) is 31.3. The van der Waals surface area contributed by atoms with Crippen molar-refractivity contribution in [2.24, 2.45) is 0 Å². The number of hydrogen-bond donors (Lipinski definition) is 0. The predicted octanol–water partition coefficient (Wildman–Crippen LogP) is 15.2. The molecule has 2 aromatic heterocycles. The van der Waals surface area contributed by atoms with E-state index in [2.05, 4.69) is 227 Å². The van der Waals surface area contributed by atoms with Gasteiger partial charge >= 0.3 is 0 Å². The van der Waals surface area contributed by atoms with Gasteiger partial charge in [0, 0.05) is 70.5 Å². The molecule has 264 valence electrons. The van der Waals surface area contributed by atoms with Crippen LogP contribution in [0.25, 0.3) is 58.4 Å². The first-order valence-corrected chi connectivity index (χ1v) is 19.8. The lowest BCUT2D eigenvalue weighted by Crippen LogP contribution is -2.09. The first-order valence-electron chi connectivity index (χ1n) is 19.0. The van der Waals surface area contributed by atoms with Crippen molar-refractivity contribution in [2.75, 3.05) is 9.80 Å². The SMILES string of the molecule is c1ccc(N(c2ccccc2)c2ccc3c(c2)sc2cc4c5ccc(N(c6ccccc6)c6ccccc6)cc5n(-c5cccc6ccccc56)c4cc23)cc1. The molecular weight excluding hydrogens is 699 g/mol. The highest BCUT2D eigenvalue weighted by Gasteiger charge is 2.21. The molecule has 0 spiro atoms. The van der Waals surface area contributed by atoms with Crippen LogP contribution in [0.1, 0.15) is 0 Å². The molecular formula is C52H35N3S. The summed E-state index contributed by atoms with van der Waals surface area (Å²) in [6, 6.07) is 76.8. The standard InChI is InChI=1S/C52H35N3S/c1-5-18-37(19-6-1)53(38-20-7-2-8-21-38)41-28-30-44-46-35-52-47(34-50(46)55(49(44)32-41)48-27-15-17-36-16-13-14-26-43(36)48)45-31-29-42(33-51(45)56-52)54(39-22-9-3-10-23-39)40-24-11-4-12-25-40/h1-35H. The molecule has 0 N–H and O–H groups in total. The van der Waals surface area contributed by atoms with Gasteiger partial charge in [-0.2, -0.15) is 0 Å². The topological polar surface area (TPSA) is 11.4 Å². The Bertz CT molecular complexity index is 3100. The summed E-state index contributed by atoms with van der Waals surface area (Å²) < 4.78 is 5.05. The second-order valence-corrected chi connectivity index (χ2v) is 15.3. The Labute approximate surface area is 329 Å². The van der Waals surface area contributed by atoms with Crippen molar-refractivity contribution in [1.82, 2.24) is 4.57 Å². The highest BCUT2D eigenvalue weighted by molar-refractivity contribution is 7.26. The minimum absolute atomic E-state index is 1.11. The quantitative estimate of drug-likeness (QED) is 0.162. The number of fused-ring (bicyclic) bond motifs is 7. The number of benzene rings is 9. The van der Waals surface area contributed by atoms with Gasteiger partial charge in [-0.3, -0.25) is 0 Å². The first-order chi connectivity index (χ1) is 27.8. The van der Waals surface area contributed by atoms with Gasteiger partial charge < -0.3 is 14.4 Å². The van der Waals surface area contributed by atoms with Crippen molar-refractivity contribution in [3.63, 3.8) is 0 Å². The Balaban J connectivity index is 1.16. The molecule has 11 aromatic rings. The van der Waals surface area contributed by atoms with E-state index in [1.54, 1.807) is 0 Å². The maximum Gasteiger partial charge on any atom is 0.0562 e. The van der Waals surface area contributed by atoms with Gasteiger partial charge in [0.05, 0.1) is 16.7 Å². The summed E-state index contributed by atoms with van der Waals surface area (Å²) in [6.45, 7) is 0. The summed E-state index contributed by atoms with van der Waals surface area (Å²) >= 11 is 1.87. The molecule has 4 heteroatoms.